The SMILES string of the molecule is CNC.Cc1ncccc1/C=C/C1=CCC2C1(C)CCC1(F)C=C3CC(O)CCC3CC[C@]21O. The Hall–Kier alpha value is -1.82. The molecule has 0 bridgehead atoms. The quantitative estimate of drug-likeness (QED) is 0.515. The van der Waals surface area contributed by atoms with Crippen LogP contribution in [0.15, 0.2) is 47.7 Å². The van der Waals surface area contributed by atoms with Crippen molar-refractivity contribution in [3.05, 3.63) is 59.0 Å². The summed E-state index contributed by atoms with van der Waals surface area (Å²) in [4.78, 5) is 4.36. The minimum absolute atomic E-state index is 0.129. The van der Waals surface area contributed by atoms with Gasteiger partial charge in [-0.25, -0.2) is 4.39 Å². The molecule has 2 fully saturated rings. The van der Waals surface area contributed by atoms with Crippen molar-refractivity contribution >= 4 is 6.08 Å². The van der Waals surface area contributed by atoms with E-state index in [2.05, 4.69) is 41.5 Å². The highest BCUT2D eigenvalue weighted by Crippen LogP contribution is 2.63. The van der Waals surface area contributed by atoms with E-state index in [9.17, 15) is 10.2 Å². The van der Waals surface area contributed by atoms with Crippen LogP contribution in [-0.2, 0) is 0 Å². The van der Waals surface area contributed by atoms with Crippen LogP contribution in [0.5, 0.6) is 0 Å². The molecule has 2 saturated carbocycles. The van der Waals surface area contributed by atoms with Gasteiger partial charge in [0.2, 0.25) is 0 Å². The van der Waals surface area contributed by atoms with Gasteiger partial charge in [0.25, 0.3) is 0 Å². The van der Waals surface area contributed by atoms with Gasteiger partial charge in [0.15, 0.2) is 5.67 Å². The lowest BCUT2D eigenvalue weighted by molar-refractivity contribution is -0.175. The number of alkyl halides is 1. The Balaban J connectivity index is 0.000000868. The number of pyridine rings is 1. The van der Waals surface area contributed by atoms with Gasteiger partial charge in [-0.05, 0) is 107 Å². The van der Waals surface area contributed by atoms with E-state index in [0.717, 1.165) is 42.5 Å². The highest BCUT2D eigenvalue weighted by Gasteiger charge is 2.65. The molecule has 5 unspecified atom stereocenters. The highest BCUT2D eigenvalue weighted by molar-refractivity contribution is 5.56. The number of aliphatic hydroxyl groups excluding tert-OH is 1. The molecule has 0 aliphatic heterocycles. The molecular weight excluding hydrogens is 427 g/mol. The second kappa shape index (κ2) is 9.67. The van der Waals surface area contributed by atoms with E-state index in [0.29, 0.717) is 31.6 Å². The largest absolute Gasteiger partial charge is 0.393 e. The highest BCUT2D eigenvalue weighted by atomic mass is 19.1. The number of aryl methyl sites for hydroxylation is 1. The van der Waals surface area contributed by atoms with Crippen LogP contribution in [0.1, 0.15) is 69.5 Å². The molecular formula is C29H41FN2O2. The molecule has 6 atom stereocenters. The van der Waals surface area contributed by atoms with E-state index in [1.165, 1.54) is 5.57 Å². The molecule has 0 aromatic carbocycles. The Morgan fingerprint density at radius 1 is 1.15 bits per heavy atom. The van der Waals surface area contributed by atoms with Gasteiger partial charge in [0.05, 0.1) is 6.10 Å². The third-order valence-electron chi connectivity index (χ3n) is 8.93. The van der Waals surface area contributed by atoms with Gasteiger partial charge in [-0.3, -0.25) is 4.98 Å². The Morgan fingerprint density at radius 2 is 1.91 bits per heavy atom. The van der Waals surface area contributed by atoms with E-state index in [1.807, 2.05) is 27.1 Å². The minimum Gasteiger partial charge on any atom is -0.393 e. The maximum atomic E-state index is 16.5. The molecule has 4 aliphatic carbocycles. The summed E-state index contributed by atoms with van der Waals surface area (Å²) < 4.78 is 16.5. The Bertz CT molecular complexity index is 988. The van der Waals surface area contributed by atoms with Crippen LogP contribution in [-0.4, -0.2) is 46.7 Å². The van der Waals surface area contributed by atoms with Crippen molar-refractivity contribution in [1.82, 2.24) is 10.3 Å². The van der Waals surface area contributed by atoms with Crippen LogP contribution in [0, 0.1) is 24.2 Å². The minimum atomic E-state index is -1.70. The third-order valence-corrected chi connectivity index (χ3v) is 8.93. The molecule has 4 aliphatic rings. The maximum absolute atomic E-state index is 16.5. The number of nitrogens with zero attached hydrogens (tertiary/aromatic N) is 1. The van der Waals surface area contributed by atoms with Crippen LogP contribution in [0.2, 0.25) is 0 Å². The first-order chi connectivity index (χ1) is 16.2. The zero-order valence-corrected chi connectivity index (χ0v) is 21.1. The van der Waals surface area contributed by atoms with E-state index < -0.39 is 11.3 Å². The second-order valence-electron chi connectivity index (χ2n) is 11.1. The van der Waals surface area contributed by atoms with Crippen molar-refractivity contribution in [2.45, 2.75) is 82.6 Å². The fourth-order valence-corrected chi connectivity index (χ4v) is 6.93. The summed E-state index contributed by atoms with van der Waals surface area (Å²) in [6.45, 7) is 4.22. The molecule has 0 saturated heterocycles. The lowest BCUT2D eigenvalue weighted by Crippen LogP contribution is -2.61. The van der Waals surface area contributed by atoms with Gasteiger partial charge in [-0.15, -0.1) is 0 Å². The molecule has 0 radical (unpaired) electrons. The van der Waals surface area contributed by atoms with E-state index in [1.54, 1.807) is 12.3 Å². The van der Waals surface area contributed by atoms with Crippen LogP contribution in [0.4, 0.5) is 4.39 Å². The van der Waals surface area contributed by atoms with E-state index in [-0.39, 0.29) is 17.4 Å². The number of hydrogen-bond donors (Lipinski definition) is 3. The summed E-state index contributed by atoms with van der Waals surface area (Å²) in [5, 5.41) is 24.9. The predicted molar refractivity (Wildman–Crippen MR) is 136 cm³/mol. The van der Waals surface area contributed by atoms with Gasteiger partial charge in [-0.2, -0.15) is 0 Å². The van der Waals surface area contributed by atoms with Crippen molar-refractivity contribution in [2.24, 2.45) is 17.3 Å². The van der Waals surface area contributed by atoms with Crippen LogP contribution >= 0.6 is 0 Å². The smallest absolute Gasteiger partial charge is 0.158 e. The fourth-order valence-electron chi connectivity index (χ4n) is 6.93. The zero-order chi connectivity index (χ0) is 24.6. The Kier molecular flexibility index (Phi) is 7.19. The third kappa shape index (κ3) is 4.31. The lowest BCUT2D eigenvalue weighted by atomic mass is 9.54. The Labute approximate surface area is 204 Å². The summed E-state index contributed by atoms with van der Waals surface area (Å²) in [7, 11) is 3.75. The molecule has 1 aromatic heterocycles. The van der Waals surface area contributed by atoms with Crippen LogP contribution in [0.3, 0.4) is 0 Å². The molecule has 5 heteroatoms. The first-order valence-corrected chi connectivity index (χ1v) is 12.9. The maximum Gasteiger partial charge on any atom is 0.158 e. The topological polar surface area (TPSA) is 65.4 Å². The number of nitrogens with one attached hydrogen (secondary N) is 1. The van der Waals surface area contributed by atoms with Gasteiger partial charge in [0.1, 0.15) is 5.60 Å². The lowest BCUT2D eigenvalue weighted by Gasteiger charge is -2.55. The summed E-state index contributed by atoms with van der Waals surface area (Å²) >= 11 is 0. The summed E-state index contributed by atoms with van der Waals surface area (Å²) in [5.41, 5.74) is 1.04. The van der Waals surface area contributed by atoms with E-state index in [4.69, 9.17) is 0 Å². The molecule has 1 aromatic rings. The molecule has 186 valence electrons. The van der Waals surface area contributed by atoms with E-state index >= 15 is 4.39 Å². The van der Waals surface area contributed by atoms with Crippen LogP contribution < -0.4 is 5.32 Å². The number of allylic oxidation sites excluding steroid dienone is 3. The first-order valence-electron chi connectivity index (χ1n) is 12.9. The fraction of sp³-hybridized carbons (Fsp3) is 0.621. The number of aromatic nitrogens is 1. The van der Waals surface area contributed by atoms with Gasteiger partial charge >= 0.3 is 0 Å². The van der Waals surface area contributed by atoms with Crippen molar-refractivity contribution < 1.29 is 14.6 Å². The van der Waals surface area contributed by atoms with Crippen molar-refractivity contribution in [3.8, 4) is 0 Å². The van der Waals surface area contributed by atoms with Crippen molar-refractivity contribution in [3.63, 3.8) is 0 Å². The number of aliphatic hydroxyl groups is 2. The average Bonchev–Trinajstić information content (AvgIpc) is 3.08. The number of halogens is 1. The molecule has 4 nitrogen and oxygen atoms in total. The molecule has 1 heterocycles. The number of fused-ring (bicyclic) bond motifs is 4. The Morgan fingerprint density at radius 3 is 2.65 bits per heavy atom. The molecule has 5 rings (SSSR count). The molecule has 3 N–H and O–H groups in total. The number of rotatable bonds is 2. The van der Waals surface area contributed by atoms with Crippen molar-refractivity contribution in [2.75, 3.05) is 14.1 Å². The summed E-state index contributed by atoms with van der Waals surface area (Å²) in [6.07, 6.45) is 15.0. The normalized spacial score (nSPS) is 39.1. The summed E-state index contributed by atoms with van der Waals surface area (Å²) in [5.74, 6) is 0.175. The molecule has 34 heavy (non-hydrogen) atoms. The summed E-state index contributed by atoms with van der Waals surface area (Å²) in [6, 6.07) is 4.00. The number of hydrogen-bond acceptors (Lipinski definition) is 4. The predicted octanol–water partition coefficient (Wildman–Crippen LogP) is 5.31. The monoisotopic (exact) mass is 468 g/mol. The van der Waals surface area contributed by atoms with Crippen molar-refractivity contribution in [1.29, 1.82) is 0 Å². The zero-order valence-electron chi connectivity index (χ0n) is 21.1. The van der Waals surface area contributed by atoms with Crippen LogP contribution in [0.25, 0.3) is 6.08 Å². The standard InChI is InChI=1S/C27H34FNO2.C2H7N/c1-18-19(4-3-15-29-18)5-7-22-8-10-24-25(22,2)13-14-26(28)17-21-16-23(30)9-6-20(21)11-12-27(24,26)31;1-3-2/h3-5,7-8,15,17,20,23-24,30-31H,6,9-14,16H2,1-2H3;3H,1-2H3/b7-5+;/t20?,23?,24?,25?,26?,27-;/m0./s1. The second-order valence-corrected chi connectivity index (χ2v) is 11.1. The first kappa shape index (κ1) is 25.3. The van der Waals surface area contributed by atoms with Gasteiger partial charge < -0.3 is 15.5 Å². The van der Waals surface area contributed by atoms with Gasteiger partial charge in [-0.1, -0.05) is 36.8 Å². The molecule has 0 amide bonds. The van der Waals surface area contributed by atoms with Gasteiger partial charge in [0, 0.05) is 17.8 Å². The average molecular weight is 469 g/mol. The molecule has 0 spiro atoms.